The number of likely N-dealkylation sites (N-methyl/N-ethyl adjacent to an activating group) is 2. The molecule has 18 heavy (non-hydrogen) atoms. The van der Waals surface area contributed by atoms with Gasteiger partial charge in [-0.15, -0.1) is 0 Å². The number of anilines is 1. The van der Waals surface area contributed by atoms with E-state index in [1.54, 1.807) is 38.2 Å². The number of hydrogen-bond donors (Lipinski definition) is 1. The molecule has 0 aromatic carbocycles. The predicted molar refractivity (Wildman–Crippen MR) is 71.5 cm³/mol. The van der Waals surface area contributed by atoms with Gasteiger partial charge in [-0.2, -0.15) is 0 Å². The zero-order valence-corrected chi connectivity index (χ0v) is 11.4. The molecule has 1 amide bonds. The van der Waals surface area contributed by atoms with Crippen LogP contribution < -0.4 is 4.90 Å². The Morgan fingerprint density at radius 3 is 2.67 bits per heavy atom. The maximum atomic E-state index is 11.7. The predicted octanol–water partition coefficient (Wildman–Crippen LogP) is 1.05. The smallest absolute Gasteiger partial charge is 0.241 e. The van der Waals surface area contributed by atoms with Gasteiger partial charge in [-0.05, 0) is 31.5 Å². The third kappa shape index (κ3) is 3.70. The summed E-state index contributed by atoms with van der Waals surface area (Å²) in [4.78, 5) is 19.4. The first-order chi connectivity index (χ1) is 8.45. The highest BCUT2D eigenvalue weighted by Gasteiger charge is 2.13. The number of carbonyl (C=O) groups is 1. The number of aliphatic hydroxyl groups excluding tert-OH is 1. The summed E-state index contributed by atoms with van der Waals surface area (Å²) in [5.74, 6) is 0.743. The molecule has 0 fully saturated rings. The van der Waals surface area contributed by atoms with Gasteiger partial charge in [0, 0.05) is 26.8 Å². The number of aliphatic hydroxyl groups is 1. The number of nitrogens with zero attached hydrogens (tertiary/aromatic N) is 3. The Labute approximate surface area is 108 Å². The van der Waals surface area contributed by atoms with E-state index >= 15 is 0 Å². The highest BCUT2D eigenvalue weighted by Crippen LogP contribution is 2.17. The van der Waals surface area contributed by atoms with Crippen molar-refractivity contribution in [3.05, 3.63) is 23.9 Å². The average molecular weight is 251 g/mol. The lowest BCUT2D eigenvalue weighted by Crippen LogP contribution is -2.37. The molecule has 1 aromatic heterocycles. The van der Waals surface area contributed by atoms with Crippen molar-refractivity contribution in [2.75, 3.05) is 32.1 Å². The van der Waals surface area contributed by atoms with Crippen molar-refractivity contribution in [2.45, 2.75) is 20.0 Å². The zero-order valence-electron chi connectivity index (χ0n) is 11.4. The second-order valence-electron chi connectivity index (χ2n) is 4.43. The van der Waals surface area contributed by atoms with Crippen molar-refractivity contribution in [3.63, 3.8) is 0 Å². The molecule has 100 valence electrons. The maximum Gasteiger partial charge on any atom is 0.241 e. The minimum atomic E-state index is -0.532. The van der Waals surface area contributed by atoms with E-state index in [1.165, 1.54) is 0 Å². The molecule has 0 aliphatic rings. The Hall–Kier alpha value is -1.62. The molecular formula is C13H21N3O2. The summed E-state index contributed by atoms with van der Waals surface area (Å²) in [5, 5.41) is 9.55. The first kappa shape index (κ1) is 14.4. The number of rotatable bonds is 5. The minimum absolute atomic E-state index is 0.0288. The van der Waals surface area contributed by atoms with Gasteiger partial charge in [-0.25, -0.2) is 4.98 Å². The second-order valence-corrected chi connectivity index (χ2v) is 4.43. The average Bonchev–Trinajstić information content (AvgIpc) is 2.35. The molecule has 1 rings (SSSR count). The molecule has 0 saturated heterocycles. The third-order valence-corrected chi connectivity index (χ3v) is 2.78. The summed E-state index contributed by atoms with van der Waals surface area (Å²) < 4.78 is 0. The molecule has 1 unspecified atom stereocenters. The molecule has 5 nitrogen and oxygen atoms in total. The van der Waals surface area contributed by atoms with Crippen LogP contribution in [0.4, 0.5) is 5.82 Å². The van der Waals surface area contributed by atoms with E-state index in [9.17, 15) is 9.90 Å². The lowest BCUT2D eigenvalue weighted by molar-refractivity contribution is -0.127. The topological polar surface area (TPSA) is 56.7 Å². The first-order valence-electron chi connectivity index (χ1n) is 6.04. The molecule has 1 heterocycles. The van der Waals surface area contributed by atoms with Crippen molar-refractivity contribution in [3.8, 4) is 0 Å². The molecule has 0 saturated carbocycles. The SMILES string of the molecule is CCN(CC(=O)N(C)C)c1cc(C(C)O)ccn1. The molecular weight excluding hydrogens is 230 g/mol. The largest absolute Gasteiger partial charge is 0.389 e. The molecule has 5 heteroatoms. The maximum absolute atomic E-state index is 11.7. The van der Waals surface area contributed by atoms with Gasteiger partial charge in [0.05, 0.1) is 12.6 Å². The fourth-order valence-corrected chi connectivity index (χ4v) is 1.53. The van der Waals surface area contributed by atoms with Crippen LogP contribution in [0.2, 0.25) is 0 Å². The van der Waals surface area contributed by atoms with E-state index in [0.717, 1.165) is 5.56 Å². The Morgan fingerprint density at radius 2 is 2.17 bits per heavy atom. The fraction of sp³-hybridized carbons (Fsp3) is 0.538. The lowest BCUT2D eigenvalue weighted by Gasteiger charge is -2.23. The Morgan fingerprint density at radius 1 is 1.50 bits per heavy atom. The summed E-state index contributed by atoms with van der Waals surface area (Å²) >= 11 is 0. The summed E-state index contributed by atoms with van der Waals surface area (Å²) in [5.41, 5.74) is 0.802. The molecule has 0 bridgehead atoms. The van der Waals surface area contributed by atoms with Crippen LogP contribution in [0.1, 0.15) is 25.5 Å². The standard InChI is InChI=1S/C13H21N3O2/c1-5-16(9-13(18)15(3)4)12-8-11(10(2)17)6-7-14-12/h6-8,10,17H,5,9H2,1-4H3. The van der Waals surface area contributed by atoms with Gasteiger partial charge >= 0.3 is 0 Å². The van der Waals surface area contributed by atoms with Gasteiger partial charge in [0.2, 0.25) is 5.91 Å². The van der Waals surface area contributed by atoms with Crippen molar-refractivity contribution >= 4 is 11.7 Å². The molecule has 1 N–H and O–H groups in total. The molecule has 1 atom stereocenters. The van der Waals surface area contributed by atoms with Gasteiger partial charge in [0.15, 0.2) is 0 Å². The highest BCUT2D eigenvalue weighted by atomic mass is 16.3. The van der Waals surface area contributed by atoms with Crippen LogP contribution in [0.3, 0.4) is 0 Å². The minimum Gasteiger partial charge on any atom is -0.389 e. The molecule has 0 spiro atoms. The first-order valence-corrected chi connectivity index (χ1v) is 6.04. The van der Waals surface area contributed by atoms with Crippen LogP contribution in [0.25, 0.3) is 0 Å². The van der Waals surface area contributed by atoms with E-state index in [4.69, 9.17) is 0 Å². The summed E-state index contributed by atoms with van der Waals surface area (Å²) in [6, 6.07) is 3.59. The number of amides is 1. The number of hydrogen-bond acceptors (Lipinski definition) is 4. The van der Waals surface area contributed by atoms with Crippen LogP contribution >= 0.6 is 0 Å². The lowest BCUT2D eigenvalue weighted by atomic mass is 10.1. The molecule has 0 aliphatic carbocycles. The van der Waals surface area contributed by atoms with Crippen molar-refractivity contribution in [2.24, 2.45) is 0 Å². The van der Waals surface area contributed by atoms with E-state index in [0.29, 0.717) is 18.9 Å². The van der Waals surface area contributed by atoms with Gasteiger partial charge in [-0.3, -0.25) is 4.79 Å². The quantitative estimate of drug-likeness (QED) is 0.850. The summed E-state index contributed by atoms with van der Waals surface area (Å²) in [6.45, 7) is 4.66. The Balaban J connectivity index is 2.88. The summed E-state index contributed by atoms with van der Waals surface area (Å²) in [7, 11) is 3.46. The third-order valence-electron chi connectivity index (χ3n) is 2.78. The number of aromatic nitrogens is 1. The van der Waals surface area contributed by atoms with Crippen LogP contribution in [-0.2, 0) is 4.79 Å². The number of carbonyl (C=O) groups excluding carboxylic acids is 1. The van der Waals surface area contributed by atoms with Gasteiger partial charge in [-0.1, -0.05) is 0 Å². The van der Waals surface area contributed by atoms with Gasteiger partial charge < -0.3 is 14.9 Å². The molecule has 1 aromatic rings. The highest BCUT2D eigenvalue weighted by molar-refractivity contribution is 5.80. The van der Waals surface area contributed by atoms with Gasteiger partial charge in [0.1, 0.15) is 5.82 Å². The number of pyridine rings is 1. The monoisotopic (exact) mass is 251 g/mol. The summed E-state index contributed by atoms with van der Waals surface area (Å²) in [6.07, 6.45) is 1.12. The zero-order chi connectivity index (χ0) is 13.7. The Kier molecular flexibility index (Phi) is 5.09. The van der Waals surface area contributed by atoms with Crippen molar-refractivity contribution in [1.29, 1.82) is 0 Å². The second kappa shape index (κ2) is 6.35. The normalized spacial score (nSPS) is 12.1. The van der Waals surface area contributed by atoms with Crippen molar-refractivity contribution < 1.29 is 9.90 Å². The van der Waals surface area contributed by atoms with Crippen LogP contribution in [0.5, 0.6) is 0 Å². The van der Waals surface area contributed by atoms with Crippen LogP contribution in [0.15, 0.2) is 18.3 Å². The Bertz CT molecular complexity index is 405. The van der Waals surface area contributed by atoms with E-state index in [2.05, 4.69) is 4.98 Å². The van der Waals surface area contributed by atoms with E-state index < -0.39 is 6.10 Å². The van der Waals surface area contributed by atoms with E-state index in [1.807, 2.05) is 17.9 Å². The van der Waals surface area contributed by atoms with Crippen LogP contribution in [0, 0.1) is 0 Å². The van der Waals surface area contributed by atoms with Crippen molar-refractivity contribution in [1.82, 2.24) is 9.88 Å². The van der Waals surface area contributed by atoms with Gasteiger partial charge in [0.25, 0.3) is 0 Å². The van der Waals surface area contributed by atoms with Crippen LogP contribution in [-0.4, -0.2) is 48.1 Å². The fourth-order valence-electron chi connectivity index (χ4n) is 1.53. The molecule has 0 radical (unpaired) electrons. The molecule has 0 aliphatic heterocycles. The van der Waals surface area contributed by atoms with E-state index in [-0.39, 0.29) is 5.91 Å².